The fourth-order valence-corrected chi connectivity index (χ4v) is 3.28. The molecule has 1 saturated heterocycles. The van der Waals surface area contributed by atoms with Crippen LogP contribution in [0.15, 0.2) is 11.6 Å². The van der Waals surface area contributed by atoms with Crippen molar-refractivity contribution in [1.82, 2.24) is 5.32 Å². The summed E-state index contributed by atoms with van der Waals surface area (Å²) in [6, 6.07) is 0. The van der Waals surface area contributed by atoms with Crippen molar-refractivity contribution in [1.29, 1.82) is 0 Å². The van der Waals surface area contributed by atoms with Gasteiger partial charge in [0.05, 0.1) is 12.7 Å². The van der Waals surface area contributed by atoms with Gasteiger partial charge in [0, 0.05) is 7.11 Å². The highest BCUT2D eigenvalue weighted by atomic mass is 35.5. The summed E-state index contributed by atoms with van der Waals surface area (Å²) in [6.45, 7) is 6.69. The molecule has 2 rings (SSSR count). The number of halogens is 1. The third-order valence-corrected chi connectivity index (χ3v) is 4.92. The van der Waals surface area contributed by atoms with Gasteiger partial charge in [-0.15, -0.1) is 11.6 Å². The van der Waals surface area contributed by atoms with Crippen molar-refractivity contribution in [2.24, 2.45) is 0 Å². The lowest BCUT2D eigenvalue weighted by Crippen LogP contribution is -2.56. The monoisotopic (exact) mass is 389 g/mol. The largest absolute Gasteiger partial charge is 0.443 e. The number of amides is 2. The molecule has 1 N–H and O–H groups in total. The van der Waals surface area contributed by atoms with Gasteiger partial charge >= 0.3 is 6.09 Å². The second kappa shape index (κ2) is 9.17. The highest BCUT2D eigenvalue weighted by Gasteiger charge is 2.60. The van der Waals surface area contributed by atoms with Crippen LogP contribution in [0.2, 0.25) is 0 Å². The van der Waals surface area contributed by atoms with E-state index < -0.39 is 24.2 Å². The van der Waals surface area contributed by atoms with Crippen LogP contribution in [0.25, 0.3) is 0 Å². The summed E-state index contributed by atoms with van der Waals surface area (Å²) in [5.41, 5.74) is 0.856. The standard InChI is InChI=1S/C18H28ClNO6/c1-11(2)5-6-12(3)25-16-15(23-4)13(7-8-18(16)10-24-18)26-17(22)20-14(21)9-19/h5,12-13,15-16H,6-10H2,1-4H3,(H,20,21,22)/t12-,13+,15?,16?,18-/m0/s1. The lowest BCUT2D eigenvalue weighted by molar-refractivity contribution is -0.172. The van der Waals surface area contributed by atoms with E-state index in [9.17, 15) is 9.59 Å². The summed E-state index contributed by atoms with van der Waals surface area (Å²) in [5.74, 6) is -0.913. The quantitative estimate of drug-likeness (QED) is 0.409. The van der Waals surface area contributed by atoms with Crippen molar-refractivity contribution in [3.05, 3.63) is 11.6 Å². The minimum absolute atomic E-state index is 0.0287. The Morgan fingerprint density at radius 2 is 2.12 bits per heavy atom. The van der Waals surface area contributed by atoms with E-state index in [0.29, 0.717) is 19.4 Å². The summed E-state index contributed by atoms with van der Waals surface area (Å²) in [5, 5.41) is 2.08. The maximum atomic E-state index is 11.9. The van der Waals surface area contributed by atoms with Crippen LogP contribution in [-0.4, -0.2) is 61.6 Å². The van der Waals surface area contributed by atoms with Crippen LogP contribution in [0.5, 0.6) is 0 Å². The minimum Gasteiger partial charge on any atom is -0.443 e. The Labute approximate surface area is 159 Å². The van der Waals surface area contributed by atoms with Crippen molar-refractivity contribution < 1.29 is 28.5 Å². The zero-order valence-electron chi connectivity index (χ0n) is 15.7. The SMILES string of the molecule is COC1C(O[C@@H](C)CC=C(C)C)[C@]2(CC[C@H]1OC(=O)NC(=O)CCl)CO2. The molecule has 0 bridgehead atoms. The molecule has 8 heteroatoms. The van der Waals surface area contributed by atoms with Crippen molar-refractivity contribution in [3.63, 3.8) is 0 Å². The Balaban J connectivity index is 2.03. The number of alkyl halides is 1. The maximum absolute atomic E-state index is 11.9. The number of carbonyl (C=O) groups excluding carboxylic acids is 2. The van der Waals surface area contributed by atoms with Gasteiger partial charge in [-0.1, -0.05) is 11.6 Å². The van der Waals surface area contributed by atoms with Crippen molar-refractivity contribution in [3.8, 4) is 0 Å². The number of ether oxygens (including phenoxy) is 4. The molecule has 2 aliphatic rings. The number of nitrogens with one attached hydrogen (secondary N) is 1. The summed E-state index contributed by atoms with van der Waals surface area (Å²) in [6.07, 6.45) is 1.97. The Morgan fingerprint density at radius 1 is 1.42 bits per heavy atom. The number of imide groups is 1. The lowest BCUT2D eigenvalue weighted by Gasteiger charge is -2.41. The Bertz CT molecular complexity index is 544. The molecular formula is C18H28ClNO6. The van der Waals surface area contributed by atoms with Crippen molar-refractivity contribution in [2.75, 3.05) is 19.6 Å². The zero-order chi connectivity index (χ0) is 19.3. The molecule has 2 unspecified atom stereocenters. The third-order valence-electron chi connectivity index (χ3n) is 4.68. The van der Waals surface area contributed by atoms with E-state index in [1.807, 2.05) is 20.8 Å². The zero-order valence-corrected chi connectivity index (χ0v) is 16.5. The molecule has 7 nitrogen and oxygen atoms in total. The molecule has 2 amide bonds. The second-order valence-corrected chi connectivity index (χ2v) is 7.37. The van der Waals surface area contributed by atoms with Gasteiger partial charge in [-0.2, -0.15) is 0 Å². The van der Waals surface area contributed by atoms with Crippen LogP contribution in [0.4, 0.5) is 4.79 Å². The first-order valence-electron chi connectivity index (χ1n) is 8.83. The lowest BCUT2D eigenvalue weighted by atomic mass is 9.82. The van der Waals surface area contributed by atoms with Crippen LogP contribution < -0.4 is 5.32 Å². The summed E-state index contributed by atoms with van der Waals surface area (Å²) >= 11 is 5.39. The summed E-state index contributed by atoms with van der Waals surface area (Å²) in [4.78, 5) is 23.1. The highest BCUT2D eigenvalue weighted by Crippen LogP contribution is 2.45. The number of carbonyl (C=O) groups is 2. The first kappa shape index (κ1) is 21.2. The van der Waals surface area contributed by atoms with Gasteiger partial charge in [0.15, 0.2) is 0 Å². The molecule has 1 aliphatic heterocycles. The van der Waals surface area contributed by atoms with E-state index in [1.54, 1.807) is 7.11 Å². The van der Waals surface area contributed by atoms with Gasteiger partial charge in [0.1, 0.15) is 29.8 Å². The van der Waals surface area contributed by atoms with Crippen molar-refractivity contribution >= 4 is 23.6 Å². The van der Waals surface area contributed by atoms with Gasteiger partial charge in [0.2, 0.25) is 5.91 Å². The van der Waals surface area contributed by atoms with E-state index in [4.69, 9.17) is 30.5 Å². The normalized spacial score (nSPS) is 31.2. The first-order chi connectivity index (χ1) is 12.3. The smallest absolute Gasteiger partial charge is 0.414 e. The van der Waals surface area contributed by atoms with Crippen LogP contribution in [0.1, 0.15) is 40.0 Å². The van der Waals surface area contributed by atoms with Gasteiger partial charge in [-0.25, -0.2) is 4.79 Å². The average Bonchev–Trinajstić information content (AvgIpc) is 3.36. The topological polar surface area (TPSA) is 86.4 Å². The van der Waals surface area contributed by atoms with E-state index in [1.165, 1.54) is 5.57 Å². The second-order valence-electron chi connectivity index (χ2n) is 7.10. The van der Waals surface area contributed by atoms with E-state index in [0.717, 1.165) is 6.42 Å². The molecule has 0 aromatic heterocycles. The predicted octanol–water partition coefficient (Wildman–Crippen LogP) is 2.55. The molecule has 26 heavy (non-hydrogen) atoms. The summed E-state index contributed by atoms with van der Waals surface area (Å²) < 4.78 is 22.9. The number of epoxide rings is 1. The molecule has 1 aliphatic carbocycles. The molecule has 0 radical (unpaired) electrons. The molecule has 0 aromatic rings. The van der Waals surface area contributed by atoms with Crippen molar-refractivity contribution in [2.45, 2.75) is 70.1 Å². The fraction of sp³-hybridized carbons (Fsp3) is 0.778. The van der Waals surface area contributed by atoms with Gasteiger partial charge in [0.25, 0.3) is 0 Å². The van der Waals surface area contributed by atoms with E-state index >= 15 is 0 Å². The van der Waals surface area contributed by atoms with E-state index in [-0.39, 0.29) is 23.7 Å². The van der Waals surface area contributed by atoms with Gasteiger partial charge in [-0.3, -0.25) is 10.1 Å². The predicted molar refractivity (Wildman–Crippen MR) is 96.2 cm³/mol. The maximum Gasteiger partial charge on any atom is 0.414 e. The molecule has 148 valence electrons. The Hall–Kier alpha value is -1.15. The van der Waals surface area contributed by atoms with Crippen LogP contribution >= 0.6 is 11.6 Å². The molecule has 5 atom stereocenters. The highest BCUT2D eigenvalue weighted by molar-refractivity contribution is 6.28. The Morgan fingerprint density at radius 3 is 2.65 bits per heavy atom. The average molecular weight is 390 g/mol. The Kier molecular flexibility index (Phi) is 7.46. The van der Waals surface area contributed by atoms with Gasteiger partial charge in [-0.05, 0) is 40.0 Å². The van der Waals surface area contributed by atoms with Gasteiger partial charge < -0.3 is 18.9 Å². The number of alkyl carbamates (subject to hydrolysis) is 1. The molecular weight excluding hydrogens is 362 g/mol. The van der Waals surface area contributed by atoms with Crippen LogP contribution in [0, 0.1) is 0 Å². The summed E-state index contributed by atoms with van der Waals surface area (Å²) in [7, 11) is 1.56. The number of rotatable bonds is 7. The fourth-order valence-electron chi connectivity index (χ4n) is 3.21. The molecule has 1 heterocycles. The minimum atomic E-state index is -0.827. The number of methoxy groups -OCH3 is 1. The van der Waals surface area contributed by atoms with Crippen LogP contribution in [0.3, 0.4) is 0 Å². The molecule has 2 fully saturated rings. The number of hydrogen-bond donors (Lipinski definition) is 1. The molecule has 0 aromatic carbocycles. The first-order valence-corrected chi connectivity index (χ1v) is 9.36. The number of allylic oxidation sites excluding steroid dienone is 1. The number of hydrogen-bond acceptors (Lipinski definition) is 6. The molecule has 1 spiro atoms. The molecule has 1 saturated carbocycles. The third kappa shape index (κ3) is 5.42. The van der Waals surface area contributed by atoms with Crippen LogP contribution in [-0.2, 0) is 23.7 Å². The van der Waals surface area contributed by atoms with E-state index in [2.05, 4.69) is 11.4 Å².